The number of furan rings is 1. The van der Waals surface area contributed by atoms with Gasteiger partial charge in [0.2, 0.25) is 10.0 Å². The summed E-state index contributed by atoms with van der Waals surface area (Å²) in [6.07, 6.45) is 2.82. The van der Waals surface area contributed by atoms with Crippen molar-refractivity contribution in [2.75, 3.05) is 24.1 Å². The second-order valence-corrected chi connectivity index (χ2v) is 9.81. The average molecular weight is 432 g/mol. The third-order valence-corrected chi connectivity index (χ3v) is 7.16. The third-order valence-electron chi connectivity index (χ3n) is 5.98. The molecule has 1 saturated carbocycles. The van der Waals surface area contributed by atoms with E-state index >= 15 is 0 Å². The third kappa shape index (κ3) is 2.98. The predicted molar refractivity (Wildman–Crippen MR) is 113 cm³/mol. The number of fused-ring (bicyclic) bond motifs is 4. The first kappa shape index (κ1) is 15.9. The van der Waals surface area contributed by atoms with Crippen LogP contribution < -0.4 is 9.62 Å². The van der Waals surface area contributed by atoms with Gasteiger partial charge in [-0.15, -0.1) is 0 Å². The summed E-state index contributed by atoms with van der Waals surface area (Å²) >= 11 is 0. The maximum absolute atomic E-state index is 13.5. The molecule has 156 valence electrons. The van der Waals surface area contributed by atoms with Crippen molar-refractivity contribution in [2.24, 2.45) is 5.92 Å². The number of halogens is 1. The molecule has 0 saturated heterocycles. The second-order valence-electron chi connectivity index (χ2n) is 7.90. The number of hydrogen-bond donors (Lipinski definition) is 1. The van der Waals surface area contributed by atoms with Crippen molar-refractivity contribution in [3.05, 3.63) is 53.3 Å². The van der Waals surface area contributed by atoms with Gasteiger partial charge in [-0.05, 0) is 60.6 Å². The van der Waals surface area contributed by atoms with Gasteiger partial charge in [-0.25, -0.2) is 12.8 Å². The molecule has 2 heterocycles. The van der Waals surface area contributed by atoms with Gasteiger partial charge >= 0.3 is 0 Å². The van der Waals surface area contributed by atoms with Gasteiger partial charge in [-0.1, -0.05) is 0 Å². The van der Waals surface area contributed by atoms with Crippen LogP contribution in [0.15, 0.2) is 40.8 Å². The van der Waals surface area contributed by atoms with Gasteiger partial charge in [0.25, 0.3) is 5.91 Å². The van der Waals surface area contributed by atoms with E-state index in [9.17, 15) is 17.6 Å². The summed E-state index contributed by atoms with van der Waals surface area (Å²) in [4.78, 5) is 13.0. The van der Waals surface area contributed by atoms with E-state index in [0.717, 1.165) is 24.7 Å². The summed E-state index contributed by atoms with van der Waals surface area (Å²) in [7, 11) is -3.54. The quantitative estimate of drug-likeness (QED) is 0.683. The van der Waals surface area contributed by atoms with Crippen molar-refractivity contribution in [1.29, 1.82) is 0 Å². The topological polar surface area (TPSA) is 79.6 Å². The largest absolute Gasteiger partial charge is 0.455 e. The molecule has 2 atom stereocenters. The van der Waals surface area contributed by atoms with Crippen molar-refractivity contribution >= 4 is 32.6 Å². The lowest BCUT2D eigenvalue weighted by molar-refractivity contribution is 0.0964. The molecule has 2 aromatic carbocycles. The molecule has 30 heavy (non-hydrogen) atoms. The predicted octanol–water partition coefficient (Wildman–Crippen LogP) is 3.87. The highest BCUT2D eigenvalue weighted by Gasteiger charge is 2.44. The first-order valence-corrected chi connectivity index (χ1v) is 11.4. The molecule has 1 N–H and O–H groups in total. The fraction of sp³-hybridized carbons (Fsp3) is 0.318. The number of amides is 1. The number of nitrogens with one attached hydrogen (secondary N) is 1. The van der Waals surface area contributed by atoms with Gasteiger partial charge in [0.1, 0.15) is 17.2 Å². The Morgan fingerprint density at radius 2 is 2.07 bits per heavy atom. The van der Waals surface area contributed by atoms with Crippen LogP contribution >= 0.6 is 0 Å². The van der Waals surface area contributed by atoms with Crippen molar-refractivity contribution in [2.45, 2.75) is 18.8 Å². The van der Waals surface area contributed by atoms with Crippen LogP contribution in [0.3, 0.4) is 0 Å². The van der Waals surface area contributed by atoms with Crippen LogP contribution in [0.25, 0.3) is 22.3 Å². The van der Waals surface area contributed by atoms with Crippen molar-refractivity contribution in [3.63, 3.8) is 0 Å². The molecule has 1 aliphatic carbocycles. The van der Waals surface area contributed by atoms with E-state index < -0.39 is 28.7 Å². The molecule has 1 fully saturated rings. The van der Waals surface area contributed by atoms with E-state index in [-0.39, 0.29) is 22.8 Å². The molecule has 2 unspecified atom stereocenters. The Kier molecular flexibility index (Phi) is 3.48. The first-order valence-electron chi connectivity index (χ1n) is 11.1. The number of nitrogens with zero attached hydrogens (tertiary/aromatic N) is 1. The molecule has 0 bridgehead atoms. The van der Waals surface area contributed by atoms with Crippen LogP contribution in [0.1, 0.15) is 38.8 Å². The zero-order valence-electron chi connectivity index (χ0n) is 19.1. The second kappa shape index (κ2) is 6.57. The van der Waals surface area contributed by atoms with E-state index in [1.54, 1.807) is 12.1 Å². The van der Waals surface area contributed by atoms with Gasteiger partial charge in [-0.2, -0.15) is 0 Å². The molecular weight excluding hydrogens is 407 g/mol. The summed E-state index contributed by atoms with van der Waals surface area (Å²) in [5.41, 5.74) is 1.96. The Hall–Kier alpha value is -2.87. The number of anilines is 1. The van der Waals surface area contributed by atoms with Crippen LogP contribution in [0.5, 0.6) is 0 Å². The van der Waals surface area contributed by atoms with Crippen molar-refractivity contribution < 1.29 is 26.1 Å². The molecule has 2 aliphatic rings. The van der Waals surface area contributed by atoms with Crippen molar-refractivity contribution in [3.8, 4) is 11.3 Å². The van der Waals surface area contributed by atoms with Crippen LogP contribution in [-0.4, -0.2) is 34.1 Å². The number of rotatable bonds is 3. The lowest BCUT2D eigenvalue weighted by Gasteiger charge is -2.23. The Balaban J connectivity index is 1.76. The summed E-state index contributed by atoms with van der Waals surface area (Å²) < 4.78 is 68.1. The number of carbonyl (C=O) groups is 1. The molecule has 8 heteroatoms. The molecule has 1 amide bonds. The van der Waals surface area contributed by atoms with E-state index in [4.69, 9.17) is 8.53 Å². The molecule has 1 aliphatic heterocycles. The minimum Gasteiger partial charge on any atom is -0.455 e. The minimum atomic E-state index is -3.54. The number of carbonyl (C=O) groups excluding carboxylic acids is 1. The van der Waals surface area contributed by atoms with Crippen LogP contribution in [0.2, 0.25) is 0 Å². The Morgan fingerprint density at radius 1 is 1.30 bits per heavy atom. The lowest BCUT2D eigenvalue weighted by Crippen LogP contribution is -2.31. The summed E-state index contributed by atoms with van der Waals surface area (Å²) in [5, 5.41) is 2.39. The number of benzene rings is 2. The molecule has 0 radical (unpaired) electrons. The number of sulfonamides is 1. The smallest absolute Gasteiger partial charge is 0.255 e. The Morgan fingerprint density at radius 3 is 2.77 bits per heavy atom. The summed E-state index contributed by atoms with van der Waals surface area (Å²) in [6.45, 7) is -2.36. The highest BCUT2D eigenvalue weighted by molar-refractivity contribution is 7.92. The molecule has 1 aromatic heterocycles. The normalized spacial score (nSPS) is 22.3. The molecule has 5 rings (SSSR count). The van der Waals surface area contributed by atoms with Gasteiger partial charge in [0.15, 0.2) is 0 Å². The van der Waals surface area contributed by atoms with Gasteiger partial charge in [0.05, 0.1) is 17.5 Å². The van der Waals surface area contributed by atoms with E-state index in [0.29, 0.717) is 29.1 Å². The fourth-order valence-corrected chi connectivity index (χ4v) is 5.40. The standard InChI is InChI=1S/C22H21FN2O4S/c1-24-22(26)20-17-10-16-15-9-13(15)7-8-25(30(2,27)28)18(16)11-19(17)29-21(20)12-3-5-14(23)6-4-12/h3-6,10-11,13,15H,7-9H2,1-2H3,(H,24,26)/i1D3. The summed E-state index contributed by atoms with van der Waals surface area (Å²) in [5.74, 6) is -0.715. The van der Waals surface area contributed by atoms with Gasteiger partial charge < -0.3 is 9.73 Å². The molecular formula is C22H21FN2O4S. The van der Waals surface area contributed by atoms with E-state index in [2.05, 4.69) is 0 Å². The first-order chi connectivity index (χ1) is 15.4. The minimum absolute atomic E-state index is 0.0166. The Labute approximate surface area is 177 Å². The number of hydrogen-bond acceptors (Lipinski definition) is 4. The van der Waals surface area contributed by atoms with E-state index in [1.807, 2.05) is 5.32 Å². The van der Waals surface area contributed by atoms with E-state index in [1.165, 1.54) is 28.6 Å². The molecule has 6 nitrogen and oxygen atoms in total. The zero-order chi connectivity index (χ0) is 23.7. The maximum Gasteiger partial charge on any atom is 0.255 e. The summed E-state index contributed by atoms with van der Waals surface area (Å²) in [6, 6.07) is 8.63. The van der Waals surface area contributed by atoms with Crippen LogP contribution in [0.4, 0.5) is 10.1 Å². The fourth-order valence-electron chi connectivity index (χ4n) is 4.45. The van der Waals surface area contributed by atoms with Crippen LogP contribution in [-0.2, 0) is 10.0 Å². The van der Waals surface area contributed by atoms with Crippen molar-refractivity contribution in [1.82, 2.24) is 5.32 Å². The zero-order valence-corrected chi connectivity index (χ0v) is 16.9. The monoisotopic (exact) mass is 431 g/mol. The van der Waals surface area contributed by atoms with Gasteiger partial charge in [0, 0.05) is 34.6 Å². The average Bonchev–Trinajstić information content (AvgIpc) is 3.38. The molecule has 0 spiro atoms. The highest BCUT2D eigenvalue weighted by Crippen LogP contribution is 2.56. The molecule has 3 aromatic rings. The van der Waals surface area contributed by atoms with Gasteiger partial charge in [-0.3, -0.25) is 9.10 Å². The Bertz CT molecular complexity index is 1380. The SMILES string of the molecule is [2H]C([2H])([2H])NC(=O)c1c(-c2ccc(F)cc2)oc2cc3c(cc12)C1CC1CCN3S(C)(=O)=O. The van der Waals surface area contributed by atoms with Crippen LogP contribution in [0, 0.1) is 11.7 Å². The maximum atomic E-state index is 13.5. The lowest BCUT2D eigenvalue weighted by atomic mass is 10.00. The highest BCUT2D eigenvalue weighted by atomic mass is 32.2.